The summed E-state index contributed by atoms with van der Waals surface area (Å²) in [5.41, 5.74) is 0.0135. The second kappa shape index (κ2) is 11.9. The summed E-state index contributed by atoms with van der Waals surface area (Å²) in [5, 5.41) is 17.7. The maximum absolute atomic E-state index is 13.0. The molecule has 1 aliphatic carbocycles. The average molecular weight is 577 g/mol. The van der Waals surface area contributed by atoms with Crippen molar-refractivity contribution < 1.29 is 27.9 Å². The number of hydrogen-bond donors (Lipinski definition) is 3. The summed E-state index contributed by atoms with van der Waals surface area (Å²) < 4.78 is 39.1. The van der Waals surface area contributed by atoms with Crippen LogP contribution in [0.5, 0.6) is 0 Å². The number of benzene rings is 1. The van der Waals surface area contributed by atoms with Crippen molar-refractivity contribution >= 4 is 34.8 Å². The Morgan fingerprint density at radius 1 is 1.15 bits per heavy atom. The van der Waals surface area contributed by atoms with E-state index in [1.165, 1.54) is 16.2 Å². The molecule has 9 nitrogen and oxygen atoms in total. The minimum Gasteiger partial charge on any atom is -0.383 e. The Kier molecular flexibility index (Phi) is 8.74. The maximum atomic E-state index is 13.0. The highest BCUT2D eigenvalue weighted by Crippen LogP contribution is 2.41. The third-order valence-corrected chi connectivity index (χ3v) is 7.95. The molecule has 4 rings (SSSR count). The van der Waals surface area contributed by atoms with Crippen LogP contribution in [-0.2, 0) is 21.4 Å². The number of carbonyl (C=O) groups is 2. The van der Waals surface area contributed by atoms with Crippen LogP contribution in [0.2, 0.25) is 0 Å². The first kappa shape index (κ1) is 29.4. The fourth-order valence-corrected chi connectivity index (χ4v) is 5.57. The van der Waals surface area contributed by atoms with E-state index in [2.05, 4.69) is 25.6 Å². The van der Waals surface area contributed by atoms with Gasteiger partial charge in [0.25, 0.3) is 0 Å². The number of nitrogens with one attached hydrogen (secondary N) is 2. The number of rotatable bonds is 8. The van der Waals surface area contributed by atoms with Gasteiger partial charge in [-0.15, -0.1) is 11.3 Å². The summed E-state index contributed by atoms with van der Waals surface area (Å²) in [6, 6.07) is 6.20. The molecular weight excluding hydrogens is 545 g/mol. The van der Waals surface area contributed by atoms with Crippen molar-refractivity contribution in [1.29, 1.82) is 0 Å². The third kappa shape index (κ3) is 7.33. The molecule has 1 aromatic carbocycles. The van der Waals surface area contributed by atoms with Gasteiger partial charge < -0.3 is 20.6 Å². The van der Waals surface area contributed by atoms with E-state index in [1.807, 2.05) is 13.0 Å². The quantitative estimate of drug-likeness (QED) is 0.353. The Bertz CT molecular complexity index is 1370. The zero-order valence-corrected chi connectivity index (χ0v) is 23.2. The van der Waals surface area contributed by atoms with Crippen LogP contribution in [-0.4, -0.2) is 56.9 Å². The number of amides is 2. The number of thiazole rings is 1. The van der Waals surface area contributed by atoms with Gasteiger partial charge in [-0.2, -0.15) is 13.2 Å². The Labute approximate surface area is 233 Å². The fourth-order valence-electron chi connectivity index (χ4n) is 4.52. The Morgan fingerprint density at radius 3 is 2.55 bits per heavy atom. The number of aliphatic hydroxyl groups is 1. The zero-order chi connectivity index (χ0) is 29.1. The second-order valence-corrected chi connectivity index (χ2v) is 11.2. The van der Waals surface area contributed by atoms with Crippen molar-refractivity contribution in [1.82, 2.24) is 25.2 Å². The molecule has 1 saturated carbocycles. The zero-order valence-electron chi connectivity index (χ0n) is 22.4. The van der Waals surface area contributed by atoms with Crippen molar-refractivity contribution in [2.75, 3.05) is 19.4 Å². The molecule has 0 spiro atoms. The SMILES string of the molecule is Cc1cc(Nc2nccc(C(F)(F)F)n2)cc(-c2cnc([C@]3(O)CC[C@H](NC(=O)CCC(=O)N(C)C)CC3)s2)c1. The first-order valence-corrected chi connectivity index (χ1v) is 13.6. The fraction of sp³-hybridized carbons (Fsp3) is 0.444. The van der Waals surface area contributed by atoms with Crippen molar-refractivity contribution in [3.05, 3.63) is 52.9 Å². The number of aromatic nitrogens is 3. The number of halogens is 3. The van der Waals surface area contributed by atoms with E-state index in [0.717, 1.165) is 28.3 Å². The average Bonchev–Trinajstić information content (AvgIpc) is 3.40. The van der Waals surface area contributed by atoms with E-state index in [-0.39, 0.29) is 36.6 Å². The van der Waals surface area contributed by atoms with Crippen molar-refractivity contribution in [2.45, 2.75) is 63.3 Å². The molecular formula is C27H31F3N6O3S. The number of nitrogens with zero attached hydrogens (tertiary/aromatic N) is 4. The van der Waals surface area contributed by atoms with E-state index in [0.29, 0.717) is 36.4 Å². The summed E-state index contributed by atoms with van der Waals surface area (Å²) in [6.07, 6.45) is 0.436. The van der Waals surface area contributed by atoms with Crippen LogP contribution in [0.4, 0.5) is 24.8 Å². The molecule has 2 amide bonds. The number of hydrogen-bond acceptors (Lipinski definition) is 8. The molecule has 1 aliphatic rings. The topological polar surface area (TPSA) is 120 Å². The van der Waals surface area contributed by atoms with Crippen molar-refractivity contribution in [2.24, 2.45) is 0 Å². The summed E-state index contributed by atoms with van der Waals surface area (Å²) in [4.78, 5) is 38.1. The lowest BCUT2D eigenvalue weighted by Crippen LogP contribution is -2.42. The van der Waals surface area contributed by atoms with Crippen molar-refractivity contribution in [3.63, 3.8) is 0 Å². The lowest BCUT2D eigenvalue weighted by Gasteiger charge is -2.34. The largest absolute Gasteiger partial charge is 0.433 e. The number of alkyl halides is 3. The van der Waals surface area contributed by atoms with Gasteiger partial charge in [0.05, 0.1) is 4.88 Å². The number of carbonyl (C=O) groups excluding carboxylic acids is 2. The highest BCUT2D eigenvalue weighted by Gasteiger charge is 2.38. The molecule has 2 aromatic heterocycles. The highest BCUT2D eigenvalue weighted by atomic mass is 32.1. The lowest BCUT2D eigenvalue weighted by atomic mass is 9.82. The Hall–Kier alpha value is -3.58. The van der Waals surface area contributed by atoms with Gasteiger partial charge in [-0.1, -0.05) is 6.07 Å². The van der Waals surface area contributed by atoms with Crippen LogP contribution in [0.25, 0.3) is 10.4 Å². The molecule has 214 valence electrons. The van der Waals surface area contributed by atoms with E-state index in [9.17, 15) is 27.9 Å². The molecule has 0 atom stereocenters. The first-order valence-electron chi connectivity index (χ1n) is 12.8. The first-order chi connectivity index (χ1) is 18.8. The van der Waals surface area contributed by atoms with Crippen molar-refractivity contribution in [3.8, 4) is 10.4 Å². The minimum absolute atomic E-state index is 0.0786. The van der Waals surface area contributed by atoms with E-state index in [1.54, 1.807) is 32.4 Å². The molecule has 13 heteroatoms. The minimum atomic E-state index is -4.58. The van der Waals surface area contributed by atoms with Crippen LogP contribution in [0.15, 0.2) is 36.7 Å². The molecule has 3 aromatic rings. The lowest BCUT2D eigenvalue weighted by molar-refractivity contribution is -0.141. The highest BCUT2D eigenvalue weighted by molar-refractivity contribution is 7.15. The third-order valence-electron chi connectivity index (χ3n) is 6.71. The number of anilines is 2. The Balaban J connectivity index is 1.40. The molecule has 0 bridgehead atoms. The molecule has 40 heavy (non-hydrogen) atoms. The molecule has 2 heterocycles. The van der Waals surface area contributed by atoms with Gasteiger partial charge in [-0.3, -0.25) is 9.59 Å². The molecule has 0 unspecified atom stereocenters. The summed E-state index contributed by atoms with van der Waals surface area (Å²) in [6.45, 7) is 1.86. The van der Waals surface area contributed by atoms with Crippen LogP contribution in [0, 0.1) is 6.92 Å². The maximum Gasteiger partial charge on any atom is 0.433 e. The van der Waals surface area contributed by atoms with Gasteiger partial charge in [0.1, 0.15) is 16.3 Å². The van der Waals surface area contributed by atoms with Gasteiger partial charge in [0.2, 0.25) is 17.8 Å². The van der Waals surface area contributed by atoms with Gasteiger partial charge in [-0.05, 0) is 61.9 Å². The summed E-state index contributed by atoms with van der Waals surface area (Å²) in [5.74, 6) is -0.450. The van der Waals surface area contributed by atoms with Gasteiger partial charge in [-0.25, -0.2) is 15.0 Å². The van der Waals surface area contributed by atoms with E-state index in [4.69, 9.17) is 0 Å². The standard InChI is InChI=1S/C27H31F3N6O3S/c1-16-12-17(14-19(13-16)34-25-31-11-8-21(35-25)27(28,29)30)20-15-32-24(40-20)26(39)9-6-18(7-10-26)33-22(37)4-5-23(38)36(2)3/h8,11-15,18,39H,4-7,9-10H2,1-3H3,(H,33,37)(H,31,34,35)/t18-,26-. The van der Waals surface area contributed by atoms with Crippen LogP contribution in [0.1, 0.15) is 54.8 Å². The Morgan fingerprint density at radius 2 is 1.88 bits per heavy atom. The second-order valence-electron chi connectivity index (χ2n) is 10.2. The normalized spacial score (nSPS) is 19.2. The van der Waals surface area contributed by atoms with E-state index < -0.39 is 17.5 Å². The summed E-state index contributed by atoms with van der Waals surface area (Å²) >= 11 is 1.35. The van der Waals surface area contributed by atoms with Crippen LogP contribution in [0.3, 0.4) is 0 Å². The smallest absolute Gasteiger partial charge is 0.383 e. The summed E-state index contributed by atoms with van der Waals surface area (Å²) in [7, 11) is 3.30. The molecule has 0 saturated heterocycles. The number of aryl methyl sites for hydroxylation is 1. The molecule has 1 fully saturated rings. The van der Waals surface area contributed by atoms with Crippen LogP contribution >= 0.6 is 11.3 Å². The molecule has 3 N–H and O–H groups in total. The van der Waals surface area contributed by atoms with Gasteiger partial charge >= 0.3 is 6.18 Å². The predicted octanol–water partition coefficient (Wildman–Crippen LogP) is 4.79. The monoisotopic (exact) mass is 576 g/mol. The van der Waals surface area contributed by atoms with Gasteiger partial charge in [0, 0.05) is 51.1 Å². The van der Waals surface area contributed by atoms with Gasteiger partial charge in [0.15, 0.2) is 0 Å². The van der Waals surface area contributed by atoms with E-state index >= 15 is 0 Å². The van der Waals surface area contributed by atoms with Crippen LogP contribution < -0.4 is 10.6 Å². The molecule has 0 aliphatic heterocycles. The predicted molar refractivity (Wildman–Crippen MR) is 145 cm³/mol. The molecule has 0 radical (unpaired) electrons.